The Labute approximate surface area is 158 Å². The number of carbonyl (C=O) groups is 3. The van der Waals surface area contributed by atoms with Crippen LogP contribution in [0.15, 0.2) is 0 Å². The van der Waals surface area contributed by atoms with Gasteiger partial charge in [0.2, 0.25) is 5.91 Å². The van der Waals surface area contributed by atoms with Crippen molar-refractivity contribution in [1.29, 1.82) is 0 Å². The van der Waals surface area contributed by atoms with Crippen LogP contribution in [-0.2, 0) is 19.0 Å². The highest BCUT2D eigenvalue weighted by Gasteiger charge is 2.48. The van der Waals surface area contributed by atoms with E-state index >= 15 is 0 Å². The van der Waals surface area contributed by atoms with E-state index in [1.54, 1.807) is 6.92 Å². The third-order valence-corrected chi connectivity index (χ3v) is 3.84. The molecular weight excluding hydrogens is 362 g/mol. The number of rotatable bonds is 6. The molecule has 1 heterocycles. The third kappa shape index (κ3) is 6.52. The van der Waals surface area contributed by atoms with E-state index < -0.39 is 42.8 Å². The van der Waals surface area contributed by atoms with Crippen LogP contribution >= 0.6 is 0 Å². The van der Waals surface area contributed by atoms with E-state index in [0.29, 0.717) is 6.42 Å². The molecule has 11 heteroatoms. The summed E-state index contributed by atoms with van der Waals surface area (Å²) < 4.78 is 15.6. The molecule has 1 aliphatic heterocycles. The first-order valence-corrected chi connectivity index (χ1v) is 8.61. The average molecular weight is 391 g/mol. The van der Waals surface area contributed by atoms with Crippen LogP contribution in [-0.4, -0.2) is 104 Å². The monoisotopic (exact) mass is 391 g/mol. The van der Waals surface area contributed by atoms with Gasteiger partial charge in [0.1, 0.15) is 24.9 Å². The van der Waals surface area contributed by atoms with Crippen LogP contribution in [0.2, 0.25) is 0 Å². The summed E-state index contributed by atoms with van der Waals surface area (Å²) in [6.45, 7) is 1.44. The van der Waals surface area contributed by atoms with E-state index in [0.717, 1.165) is 4.90 Å². The van der Waals surface area contributed by atoms with Crippen LogP contribution in [0.5, 0.6) is 0 Å². The lowest BCUT2D eigenvalue weighted by atomic mass is 9.96. The number of nitrogens with zero attached hydrogens (tertiary/aromatic N) is 2. The number of aliphatic hydroxyl groups excluding tert-OH is 2. The van der Waals surface area contributed by atoms with Crippen molar-refractivity contribution >= 4 is 18.1 Å². The Bertz CT molecular complexity index is 528. The van der Waals surface area contributed by atoms with Crippen molar-refractivity contribution in [1.82, 2.24) is 15.1 Å². The van der Waals surface area contributed by atoms with Crippen LogP contribution in [0.25, 0.3) is 0 Å². The smallest absolute Gasteiger partial charge is 0.409 e. The molecule has 1 unspecified atom stereocenters. The molecule has 3 amide bonds. The first kappa shape index (κ1) is 22.9. The van der Waals surface area contributed by atoms with Crippen molar-refractivity contribution in [3.05, 3.63) is 0 Å². The standard InChI is InChI=1S/C16H29N3O8/c1-6-7-10(20)17-11-12(21)13(27-16(24)19(4)5)9(26-14(11)22)8-25-15(23)18(2)3/h9,11-14,21-22H,6-8H2,1-5H3,(H,17,20)/t9-,11-,12-,13-,14?/m1/s1. The third-order valence-electron chi connectivity index (χ3n) is 3.84. The van der Waals surface area contributed by atoms with Gasteiger partial charge in [-0.3, -0.25) is 4.79 Å². The first-order chi connectivity index (χ1) is 12.6. The van der Waals surface area contributed by atoms with Gasteiger partial charge in [0, 0.05) is 34.6 Å². The lowest BCUT2D eigenvalue weighted by Gasteiger charge is -2.42. The maximum atomic E-state index is 11.9. The Hall–Kier alpha value is -2.11. The highest BCUT2D eigenvalue weighted by atomic mass is 16.7. The SMILES string of the molecule is CCCC(=O)N[C@H]1C(O)O[C@H](COC(=O)N(C)C)[C@@H](OC(=O)N(C)C)[C@@H]1O. The molecule has 1 rings (SSSR count). The molecule has 11 nitrogen and oxygen atoms in total. The van der Waals surface area contributed by atoms with Crippen molar-refractivity contribution in [2.45, 2.75) is 50.4 Å². The zero-order valence-electron chi connectivity index (χ0n) is 16.2. The van der Waals surface area contributed by atoms with E-state index in [1.807, 2.05) is 0 Å². The number of nitrogens with one attached hydrogen (secondary N) is 1. The molecule has 5 atom stereocenters. The zero-order chi connectivity index (χ0) is 20.7. The summed E-state index contributed by atoms with van der Waals surface area (Å²) in [7, 11) is 5.87. The van der Waals surface area contributed by atoms with Gasteiger partial charge in [-0.25, -0.2) is 9.59 Å². The summed E-state index contributed by atoms with van der Waals surface area (Å²) in [5.74, 6) is -0.389. The minimum atomic E-state index is -1.57. The van der Waals surface area contributed by atoms with Crippen molar-refractivity contribution in [3.8, 4) is 0 Å². The summed E-state index contributed by atoms with van der Waals surface area (Å²) in [6, 6.07) is -1.20. The van der Waals surface area contributed by atoms with Gasteiger partial charge in [-0.1, -0.05) is 6.92 Å². The Kier molecular flexibility index (Phi) is 8.73. The number of amides is 3. The van der Waals surface area contributed by atoms with Crippen LogP contribution in [0, 0.1) is 0 Å². The Balaban J connectivity index is 2.93. The van der Waals surface area contributed by atoms with E-state index in [-0.39, 0.29) is 18.9 Å². The fourth-order valence-corrected chi connectivity index (χ4v) is 2.36. The van der Waals surface area contributed by atoms with Gasteiger partial charge in [0.25, 0.3) is 0 Å². The van der Waals surface area contributed by atoms with E-state index in [2.05, 4.69) is 5.32 Å². The molecule has 1 fully saturated rings. The second-order valence-electron chi connectivity index (χ2n) is 6.61. The number of aliphatic hydroxyl groups is 2. The van der Waals surface area contributed by atoms with Crippen molar-refractivity contribution < 1.29 is 38.8 Å². The normalized spacial score (nSPS) is 27.4. The average Bonchev–Trinajstić information content (AvgIpc) is 2.58. The largest absolute Gasteiger partial charge is 0.447 e. The van der Waals surface area contributed by atoms with Gasteiger partial charge in [0.15, 0.2) is 12.4 Å². The van der Waals surface area contributed by atoms with Crippen LogP contribution in [0.1, 0.15) is 19.8 Å². The van der Waals surface area contributed by atoms with Crippen LogP contribution < -0.4 is 5.32 Å². The number of carbonyl (C=O) groups excluding carboxylic acids is 3. The lowest BCUT2D eigenvalue weighted by molar-refractivity contribution is -0.254. The molecular formula is C16H29N3O8. The molecule has 0 bridgehead atoms. The van der Waals surface area contributed by atoms with Gasteiger partial charge in [-0.2, -0.15) is 0 Å². The quantitative estimate of drug-likeness (QED) is 0.530. The summed E-state index contributed by atoms with van der Waals surface area (Å²) in [5, 5.41) is 23.2. The maximum absolute atomic E-state index is 11.9. The van der Waals surface area contributed by atoms with Crippen molar-refractivity contribution in [2.24, 2.45) is 0 Å². The second-order valence-corrected chi connectivity index (χ2v) is 6.61. The first-order valence-electron chi connectivity index (χ1n) is 8.61. The van der Waals surface area contributed by atoms with Crippen LogP contribution in [0.4, 0.5) is 9.59 Å². The predicted molar refractivity (Wildman–Crippen MR) is 92.7 cm³/mol. The second kappa shape index (κ2) is 10.3. The molecule has 0 aliphatic carbocycles. The highest BCUT2D eigenvalue weighted by Crippen LogP contribution is 2.24. The topological polar surface area (TPSA) is 138 Å². The molecule has 156 valence electrons. The Morgan fingerprint density at radius 1 is 1.07 bits per heavy atom. The molecule has 0 aromatic rings. The summed E-state index contributed by atoms with van der Waals surface area (Å²) in [4.78, 5) is 37.7. The van der Waals surface area contributed by atoms with Gasteiger partial charge in [-0.15, -0.1) is 0 Å². The van der Waals surface area contributed by atoms with Gasteiger partial charge in [0.05, 0.1) is 0 Å². The highest BCUT2D eigenvalue weighted by molar-refractivity contribution is 5.76. The van der Waals surface area contributed by atoms with Gasteiger partial charge in [-0.05, 0) is 6.42 Å². The van der Waals surface area contributed by atoms with Gasteiger partial charge < -0.3 is 39.5 Å². The minimum Gasteiger partial charge on any atom is -0.447 e. The number of hydrogen-bond donors (Lipinski definition) is 3. The summed E-state index contributed by atoms with van der Waals surface area (Å²) in [6.07, 6.45) is -6.09. The fourth-order valence-electron chi connectivity index (χ4n) is 2.36. The Morgan fingerprint density at radius 2 is 1.67 bits per heavy atom. The molecule has 0 aromatic heterocycles. The summed E-state index contributed by atoms with van der Waals surface area (Å²) in [5.41, 5.74) is 0. The van der Waals surface area contributed by atoms with E-state index in [9.17, 15) is 24.6 Å². The molecule has 1 saturated heterocycles. The number of ether oxygens (including phenoxy) is 3. The van der Waals surface area contributed by atoms with Gasteiger partial charge >= 0.3 is 12.2 Å². The fraction of sp³-hybridized carbons (Fsp3) is 0.812. The molecule has 0 aromatic carbocycles. The molecule has 0 spiro atoms. The molecule has 1 aliphatic rings. The Morgan fingerprint density at radius 3 is 2.19 bits per heavy atom. The van der Waals surface area contributed by atoms with E-state index in [4.69, 9.17) is 14.2 Å². The number of hydrogen-bond acceptors (Lipinski definition) is 8. The predicted octanol–water partition coefficient (Wildman–Crippen LogP) is -0.886. The van der Waals surface area contributed by atoms with Crippen molar-refractivity contribution in [2.75, 3.05) is 34.8 Å². The van der Waals surface area contributed by atoms with Crippen molar-refractivity contribution in [3.63, 3.8) is 0 Å². The van der Waals surface area contributed by atoms with E-state index in [1.165, 1.54) is 33.1 Å². The molecule has 3 N–H and O–H groups in total. The van der Waals surface area contributed by atoms with Crippen LogP contribution in [0.3, 0.4) is 0 Å². The lowest BCUT2D eigenvalue weighted by Crippen LogP contribution is -2.65. The molecule has 27 heavy (non-hydrogen) atoms. The molecule has 0 radical (unpaired) electrons. The maximum Gasteiger partial charge on any atom is 0.409 e. The molecule has 0 saturated carbocycles. The minimum absolute atomic E-state index is 0.196. The zero-order valence-corrected chi connectivity index (χ0v) is 16.2. The summed E-state index contributed by atoms with van der Waals surface area (Å²) >= 11 is 0.